The molecule has 1 aliphatic rings. The van der Waals surface area contributed by atoms with Gasteiger partial charge in [-0.1, -0.05) is 33.6 Å². The second kappa shape index (κ2) is 4.25. The van der Waals surface area contributed by atoms with Gasteiger partial charge in [-0.15, -0.1) is 0 Å². The number of hydrogen-bond acceptors (Lipinski definition) is 2. The Balaban J connectivity index is 2.23. The van der Waals surface area contributed by atoms with E-state index in [2.05, 4.69) is 20.8 Å². The van der Waals surface area contributed by atoms with Crippen molar-refractivity contribution in [3.05, 3.63) is 24.2 Å². The van der Waals surface area contributed by atoms with E-state index < -0.39 is 6.10 Å². The summed E-state index contributed by atoms with van der Waals surface area (Å²) in [5.74, 6) is 1.57. The molecular weight excluding hydrogens is 200 g/mol. The van der Waals surface area contributed by atoms with Crippen LogP contribution in [0, 0.1) is 17.3 Å². The molecule has 2 rings (SSSR count). The van der Waals surface area contributed by atoms with Crippen LogP contribution in [0.2, 0.25) is 0 Å². The summed E-state index contributed by atoms with van der Waals surface area (Å²) in [6.45, 7) is 6.77. The quantitative estimate of drug-likeness (QED) is 0.826. The Bertz CT molecular complexity index is 327. The van der Waals surface area contributed by atoms with E-state index in [9.17, 15) is 5.11 Å². The number of furan rings is 1. The van der Waals surface area contributed by atoms with Gasteiger partial charge in [0.15, 0.2) is 0 Å². The minimum atomic E-state index is -0.458. The molecule has 1 aromatic rings. The molecule has 1 aliphatic carbocycles. The second-order valence-electron chi connectivity index (χ2n) is 5.84. The van der Waals surface area contributed by atoms with Gasteiger partial charge in [-0.2, -0.15) is 0 Å². The molecule has 1 saturated carbocycles. The largest absolute Gasteiger partial charge is 0.467 e. The molecule has 2 heteroatoms. The lowest BCUT2D eigenvalue weighted by Crippen LogP contribution is -2.37. The van der Waals surface area contributed by atoms with Crippen molar-refractivity contribution in [2.45, 2.75) is 46.1 Å². The van der Waals surface area contributed by atoms with Gasteiger partial charge in [-0.25, -0.2) is 0 Å². The highest BCUT2D eigenvalue weighted by Gasteiger charge is 2.42. The van der Waals surface area contributed by atoms with Crippen LogP contribution < -0.4 is 0 Å². The average molecular weight is 222 g/mol. The van der Waals surface area contributed by atoms with Crippen LogP contribution >= 0.6 is 0 Å². The summed E-state index contributed by atoms with van der Waals surface area (Å²) < 4.78 is 5.34. The molecule has 0 aliphatic heterocycles. The zero-order chi connectivity index (χ0) is 11.8. The summed E-state index contributed by atoms with van der Waals surface area (Å²) in [4.78, 5) is 0. The summed E-state index contributed by atoms with van der Waals surface area (Å²) in [6.07, 6.45) is 4.86. The lowest BCUT2D eigenvalue weighted by molar-refractivity contribution is -0.0390. The summed E-state index contributed by atoms with van der Waals surface area (Å²) in [6, 6.07) is 3.72. The van der Waals surface area contributed by atoms with Crippen LogP contribution in [0.5, 0.6) is 0 Å². The molecule has 0 amide bonds. The Morgan fingerprint density at radius 1 is 1.50 bits per heavy atom. The van der Waals surface area contributed by atoms with Crippen molar-refractivity contribution >= 4 is 0 Å². The van der Waals surface area contributed by atoms with Crippen molar-refractivity contribution in [2.24, 2.45) is 17.3 Å². The molecule has 0 saturated heterocycles. The Kier molecular flexibility index (Phi) is 3.11. The van der Waals surface area contributed by atoms with Crippen LogP contribution in [0.25, 0.3) is 0 Å². The molecule has 1 fully saturated rings. The minimum Gasteiger partial charge on any atom is -0.467 e. The van der Waals surface area contributed by atoms with E-state index in [-0.39, 0.29) is 5.41 Å². The first-order valence-electron chi connectivity index (χ1n) is 6.24. The molecule has 1 N–H and O–H groups in total. The van der Waals surface area contributed by atoms with Crippen LogP contribution in [-0.2, 0) is 0 Å². The van der Waals surface area contributed by atoms with Crippen LogP contribution in [0.4, 0.5) is 0 Å². The number of hydrogen-bond donors (Lipinski definition) is 1. The van der Waals surface area contributed by atoms with E-state index in [1.165, 1.54) is 19.3 Å². The van der Waals surface area contributed by atoms with Crippen LogP contribution in [0.3, 0.4) is 0 Å². The molecule has 2 nitrogen and oxygen atoms in total. The van der Waals surface area contributed by atoms with E-state index in [0.717, 1.165) is 0 Å². The van der Waals surface area contributed by atoms with Gasteiger partial charge < -0.3 is 9.52 Å². The van der Waals surface area contributed by atoms with Gasteiger partial charge in [0.25, 0.3) is 0 Å². The van der Waals surface area contributed by atoms with E-state index in [0.29, 0.717) is 17.6 Å². The van der Waals surface area contributed by atoms with Crippen molar-refractivity contribution in [3.8, 4) is 0 Å². The smallest absolute Gasteiger partial charge is 0.132 e. The zero-order valence-electron chi connectivity index (χ0n) is 10.4. The molecule has 1 heterocycles. The Labute approximate surface area is 97.7 Å². The fourth-order valence-corrected chi connectivity index (χ4v) is 3.37. The summed E-state index contributed by atoms with van der Waals surface area (Å²) >= 11 is 0. The molecule has 16 heavy (non-hydrogen) atoms. The summed E-state index contributed by atoms with van der Waals surface area (Å²) in [5.41, 5.74) is 0.198. The van der Waals surface area contributed by atoms with E-state index in [1.807, 2.05) is 12.1 Å². The highest BCUT2D eigenvalue weighted by molar-refractivity contribution is 5.06. The number of rotatable bonds is 2. The first-order chi connectivity index (χ1) is 7.52. The average Bonchev–Trinajstić information content (AvgIpc) is 2.68. The van der Waals surface area contributed by atoms with Gasteiger partial charge in [-0.3, -0.25) is 0 Å². The topological polar surface area (TPSA) is 33.4 Å². The van der Waals surface area contributed by atoms with Gasteiger partial charge >= 0.3 is 0 Å². The maximum atomic E-state index is 10.4. The highest BCUT2D eigenvalue weighted by Crippen LogP contribution is 2.49. The summed E-state index contributed by atoms with van der Waals surface area (Å²) in [7, 11) is 0. The maximum Gasteiger partial charge on any atom is 0.132 e. The first kappa shape index (κ1) is 11.7. The molecule has 1 aromatic heterocycles. The normalized spacial score (nSPS) is 31.2. The number of aliphatic hydroxyl groups is 1. The molecule has 1 unspecified atom stereocenters. The first-order valence-corrected chi connectivity index (χ1v) is 6.24. The predicted molar refractivity (Wildman–Crippen MR) is 64.0 cm³/mol. The van der Waals surface area contributed by atoms with Gasteiger partial charge in [0.2, 0.25) is 0 Å². The Morgan fingerprint density at radius 2 is 2.25 bits per heavy atom. The molecule has 90 valence electrons. The van der Waals surface area contributed by atoms with Crippen LogP contribution in [0.15, 0.2) is 22.8 Å². The van der Waals surface area contributed by atoms with Crippen molar-refractivity contribution in [1.82, 2.24) is 0 Å². The predicted octanol–water partition coefficient (Wildman–Crippen LogP) is 3.78. The standard InChI is InChI=1S/C14H22O2/c1-10-6-4-8-14(2,3)12(10)13(15)11-7-5-9-16-11/h5,7,9-10,12-13,15H,4,6,8H2,1-3H3/t10?,12-,13-/m1/s1. The molecule has 0 spiro atoms. The third-order valence-corrected chi connectivity index (χ3v) is 4.17. The Morgan fingerprint density at radius 3 is 2.81 bits per heavy atom. The second-order valence-corrected chi connectivity index (χ2v) is 5.84. The molecule has 3 atom stereocenters. The SMILES string of the molecule is CC1CCCC(C)(C)[C@H]1[C@H](O)c1ccco1. The van der Waals surface area contributed by atoms with Crippen molar-refractivity contribution < 1.29 is 9.52 Å². The molecular formula is C14H22O2. The molecule has 0 radical (unpaired) electrons. The van der Waals surface area contributed by atoms with Crippen LogP contribution in [-0.4, -0.2) is 5.11 Å². The third-order valence-electron chi connectivity index (χ3n) is 4.17. The monoisotopic (exact) mass is 222 g/mol. The third kappa shape index (κ3) is 2.03. The lowest BCUT2D eigenvalue weighted by Gasteiger charge is -2.44. The van der Waals surface area contributed by atoms with Crippen molar-refractivity contribution in [3.63, 3.8) is 0 Å². The highest BCUT2D eigenvalue weighted by atomic mass is 16.4. The fourth-order valence-electron chi connectivity index (χ4n) is 3.37. The van der Waals surface area contributed by atoms with E-state index >= 15 is 0 Å². The van der Waals surface area contributed by atoms with Gasteiger partial charge in [0.05, 0.1) is 6.26 Å². The Hall–Kier alpha value is -0.760. The van der Waals surface area contributed by atoms with Gasteiger partial charge in [0, 0.05) is 0 Å². The minimum absolute atomic E-state index is 0.198. The van der Waals surface area contributed by atoms with Crippen molar-refractivity contribution in [1.29, 1.82) is 0 Å². The van der Waals surface area contributed by atoms with E-state index in [1.54, 1.807) is 6.26 Å². The van der Waals surface area contributed by atoms with E-state index in [4.69, 9.17) is 4.42 Å². The fraction of sp³-hybridized carbons (Fsp3) is 0.714. The molecule has 0 aromatic carbocycles. The van der Waals surface area contributed by atoms with Crippen molar-refractivity contribution in [2.75, 3.05) is 0 Å². The zero-order valence-corrected chi connectivity index (χ0v) is 10.4. The van der Waals surface area contributed by atoms with Gasteiger partial charge in [-0.05, 0) is 35.8 Å². The summed E-state index contributed by atoms with van der Waals surface area (Å²) in [5, 5.41) is 10.4. The lowest BCUT2D eigenvalue weighted by atomic mass is 9.62. The molecule has 0 bridgehead atoms. The maximum absolute atomic E-state index is 10.4. The number of aliphatic hydroxyl groups excluding tert-OH is 1. The van der Waals surface area contributed by atoms with Crippen LogP contribution in [0.1, 0.15) is 51.9 Å². The van der Waals surface area contributed by atoms with Gasteiger partial charge in [0.1, 0.15) is 11.9 Å².